The van der Waals surface area contributed by atoms with E-state index in [1.165, 1.54) is 6.92 Å². The fourth-order valence-corrected chi connectivity index (χ4v) is 6.39. The van der Waals surface area contributed by atoms with Crippen molar-refractivity contribution in [2.75, 3.05) is 47.1 Å². The zero-order valence-corrected chi connectivity index (χ0v) is 25.3. The normalized spacial score (nSPS) is 22.3. The number of nitrogens with one attached hydrogen (secondary N) is 1. The number of amides is 1. The molecule has 0 unspecified atom stereocenters. The SMILES string of the molecule is COC[C@]1(O)CCCC[C@H]1n1cnc(C(=O)N2CCNC[C@H]2CCOc2ccc(C(C)=O)cc2OC)c1-c1ccccc1. The van der Waals surface area contributed by atoms with E-state index in [1.807, 2.05) is 39.8 Å². The number of ketones is 1. The van der Waals surface area contributed by atoms with Gasteiger partial charge in [-0.3, -0.25) is 9.59 Å². The first kappa shape index (κ1) is 30.7. The van der Waals surface area contributed by atoms with Crippen molar-refractivity contribution in [3.63, 3.8) is 0 Å². The van der Waals surface area contributed by atoms with E-state index in [2.05, 4.69) is 5.32 Å². The topological polar surface area (TPSA) is 115 Å². The molecule has 0 bridgehead atoms. The molecule has 1 aliphatic carbocycles. The second kappa shape index (κ2) is 13.7. The Kier molecular flexibility index (Phi) is 9.79. The fourth-order valence-electron chi connectivity index (χ4n) is 6.39. The van der Waals surface area contributed by atoms with Crippen LogP contribution in [0, 0.1) is 0 Å². The number of nitrogens with zero attached hydrogens (tertiary/aromatic N) is 3. The summed E-state index contributed by atoms with van der Waals surface area (Å²) in [5, 5.41) is 15.1. The van der Waals surface area contributed by atoms with Crippen molar-refractivity contribution >= 4 is 11.7 Å². The molecule has 1 aliphatic heterocycles. The number of carbonyl (C=O) groups is 2. The van der Waals surface area contributed by atoms with Crippen LogP contribution < -0.4 is 14.8 Å². The Hall–Kier alpha value is -3.73. The Balaban J connectivity index is 1.39. The highest BCUT2D eigenvalue weighted by atomic mass is 16.5. The minimum absolute atomic E-state index is 0.0449. The van der Waals surface area contributed by atoms with Crippen LogP contribution in [-0.2, 0) is 4.74 Å². The summed E-state index contributed by atoms with van der Waals surface area (Å²) >= 11 is 0. The number of benzene rings is 2. The van der Waals surface area contributed by atoms with Gasteiger partial charge in [-0.2, -0.15) is 0 Å². The van der Waals surface area contributed by atoms with Crippen LogP contribution in [0.2, 0.25) is 0 Å². The molecule has 1 aromatic heterocycles. The third-order valence-corrected chi connectivity index (χ3v) is 8.62. The van der Waals surface area contributed by atoms with E-state index in [-0.39, 0.29) is 30.4 Å². The molecule has 43 heavy (non-hydrogen) atoms. The number of methoxy groups -OCH3 is 2. The van der Waals surface area contributed by atoms with Crippen molar-refractivity contribution in [1.82, 2.24) is 19.8 Å². The Morgan fingerprint density at radius 3 is 2.67 bits per heavy atom. The molecule has 2 fully saturated rings. The Morgan fingerprint density at radius 1 is 1.12 bits per heavy atom. The van der Waals surface area contributed by atoms with Gasteiger partial charge in [0.15, 0.2) is 23.0 Å². The average molecular weight is 591 g/mol. The Bertz CT molecular complexity index is 1410. The first-order valence-electron chi connectivity index (χ1n) is 15.0. The van der Waals surface area contributed by atoms with E-state index in [9.17, 15) is 14.7 Å². The van der Waals surface area contributed by atoms with Crippen molar-refractivity contribution in [3.05, 3.63) is 66.1 Å². The number of hydrogen-bond donors (Lipinski definition) is 2. The van der Waals surface area contributed by atoms with Gasteiger partial charge >= 0.3 is 0 Å². The molecule has 1 saturated heterocycles. The molecule has 2 aromatic carbocycles. The molecular weight excluding hydrogens is 548 g/mol. The van der Waals surface area contributed by atoms with E-state index in [0.717, 1.165) is 30.5 Å². The van der Waals surface area contributed by atoms with E-state index >= 15 is 0 Å². The lowest BCUT2D eigenvalue weighted by molar-refractivity contribution is -0.0893. The first-order valence-corrected chi connectivity index (χ1v) is 15.0. The Labute approximate surface area is 253 Å². The van der Waals surface area contributed by atoms with Crippen LogP contribution in [0.15, 0.2) is 54.9 Å². The van der Waals surface area contributed by atoms with Crippen LogP contribution >= 0.6 is 0 Å². The number of Topliss-reactive ketones (excluding diaryl/α,β-unsaturated/α-hetero) is 1. The van der Waals surface area contributed by atoms with Crippen LogP contribution in [0.4, 0.5) is 0 Å². The van der Waals surface area contributed by atoms with Gasteiger partial charge in [-0.25, -0.2) is 4.98 Å². The summed E-state index contributed by atoms with van der Waals surface area (Å²) in [6.45, 7) is 3.94. The fraction of sp³-hybridized carbons (Fsp3) is 0.485. The highest BCUT2D eigenvalue weighted by Crippen LogP contribution is 2.41. The molecule has 10 heteroatoms. The molecule has 0 spiro atoms. The number of hydrogen-bond acceptors (Lipinski definition) is 8. The van der Waals surface area contributed by atoms with Crippen LogP contribution in [0.25, 0.3) is 11.3 Å². The number of ether oxygens (including phenoxy) is 3. The molecule has 230 valence electrons. The molecule has 1 saturated carbocycles. The number of carbonyl (C=O) groups excluding carboxylic acids is 2. The van der Waals surface area contributed by atoms with Gasteiger partial charge in [0.1, 0.15) is 5.60 Å². The maximum atomic E-state index is 14.3. The number of rotatable bonds is 11. The summed E-state index contributed by atoms with van der Waals surface area (Å²) in [6.07, 6.45) is 5.61. The summed E-state index contributed by atoms with van der Waals surface area (Å²) in [6, 6.07) is 14.6. The van der Waals surface area contributed by atoms with Gasteiger partial charge in [0.25, 0.3) is 5.91 Å². The summed E-state index contributed by atoms with van der Waals surface area (Å²) in [7, 11) is 3.15. The van der Waals surface area contributed by atoms with E-state index in [0.29, 0.717) is 61.8 Å². The predicted molar refractivity (Wildman–Crippen MR) is 163 cm³/mol. The van der Waals surface area contributed by atoms with Crippen molar-refractivity contribution < 1.29 is 28.9 Å². The second-order valence-corrected chi connectivity index (χ2v) is 11.4. The lowest BCUT2D eigenvalue weighted by Crippen LogP contribution is -2.54. The summed E-state index contributed by atoms with van der Waals surface area (Å²) in [5.74, 6) is 0.863. The molecule has 1 amide bonds. The van der Waals surface area contributed by atoms with Gasteiger partial charge in [0.05, 0.1) is 38.4 Å². The highest BCUT2D eigenvalue weighted by Gasteiger charge is 2.42. The predicted octanol–water partition coefficient (Wildman–Crippen LogP) is 4.14. The molecule has 3 aromatic rings. The standard InChI is InChI=1S/C33H42N4O6/c1-23(38)25-12-13-27(28(19-25)42-3)43-18-14-26-20-34-16-17-36(26)32(39)30-31(24-9-5-4-6-10-24)37(22-35-30)29-11-7-8-15-33(29,40)21-41-2/h4-6,9-10,12-13,19,22,26,29,34,40H,7-8,11,14-18,20-21H2,1-3H3/t26-,29-,33-/m1/s1. The van der Waals surface area contributed by atoms with Gasteiger partial charge in [0, 0.05) is 50.3 Å². The molecule has 0 radical (unpaired) electrons. The van der Waals surface area contributed by atoms with Crippen LogP contribution in [-0.4, -0.2) is 90.0 Å². The van der Waals surface area contributed by atoms with Crippen LogP contribution in [0.3, 0.4) is 0 Å². The zero-order valence-electron chi connectivity index (χ0n) is 25.3. The van der Waals surface area contributed by atoms with Gasteiger partial charge in [-0.05, 0) is 38.0 Å². The molecular formula is C33H42N4O6. The van der Waals surface area contributed by atoms with Crippen LogP contribution in [0.1, 0.15) is 65.9 Å². The van der Waals surface area contributed by atoms with E-state index < -0.39 is 5.60 Å². The van der Waals surface area contributed by atoms with Crippen molar-refractivity contribution in [2.45, 2.75) is 56.7 Å². The second-order valence-electron chi connectivity index (χ2n) is 11.4. The van der Waals surface area contributed by atoms with Gasteiger partial charge in [-0.1, -0.05) is 43.2 Å². The maximum absolute atomic E-state index is 14.3. The minimum atomic E-state index is -1.05. The zero-order chi connectivity index (χ0) is 30.4. The smallest absolute Gasteiger partial charge is 0.275 e. The van der Waals surface area contributed by atoms with E-state index in [1.54, 1.807) is 38.7 Å². The van der Waals surface area contributed by atoms with Crippen LogP contribution in [0.5, 0.6) is 11.5 Å². The van der Waals surface area contributed by atoms with Gasteiger partial charge in [0.2, 0.25) is 0 Å². The quantitative estimate of drug-likeness (QED) is 0.321. The number of aromatic nitrogens is 2. The van der Waals surface area contributed by atoms with Crippen molar-refractivity contribution in [1.29, 1.82) is 0 Å². The molecule has 2 N–H and O–H groups in total. The lowest BCUT2D eigenvalue weighted by Gasteiger charge is -2.41. The Morgan fingerprint density at radius 2 is 1.93 bits per heavy atom. The molecule has 10 nitrogen and oxygen atoms in total. The van der Waals surface area contributed by atoms with Crippen molar-refractivity contribution in [2.24, 2.45) is 0 Å². The van der Waals surface area contributed by atoms with E-state index in [4.69, 9.17) is 19.2 Å². The number of imidazole rings is 1. The van der Waals surface area contributed by atoms with Gasteiger partial charge in [-0.15, -0.1) is 0 Å². The first-order chi connectivity index (χ1) is 20.9. The third-order valence-electron chi connectivity index (χ3n) is 8.62. The maximum Gasteiger partial charge on any atom is 0.275 e. The average Bonchev–Trinajstić information content (AvgIpc) is 3.46. The molecule has 2 aliphatic rings. The monoisotopic (exact) mass is 590 g/mol. The lowest BCUT2D eigenvalue weighted by atomic mass is 9.80. The van der Waals surface area contributed by atoms with Crippen molar-refractivity contribution in [3.8, 4) is 22.8 Å². The molecule has 3 atom stereocenters. The third kappa shape index (κ3) is 6.61. The molecule has 5 rings (SSSR count). The molecule has 2 heterocycles. The number of aliphatic hydroxyl groups is 1. The summed E-state index contributed by atoms with van der Waals surface area (Å²) in [4.78, 5) is 32.6. The highest BCUT2D eigenvalue weighted by molar-refractivity contribution is 5.98. The minimum Gasteiger partial charge on any atom is -0.493 e. The number of piperazine rings is 1. The largest absolute Gasteiger partial charge is 0.493 e. The summed E-state index contributed by atoms with van der Waals surface area (Å²) < 4.78 is 18.9. The van der Waals surface area contributed by atoms with Gasteiger partial charge < -0.3 is 34.1 Å². The summed E-state index contributed by atoms with van der Waals surface area (Å²) in [5.41, 5.74) is 1.49.